The molecule has 28 heavy (non-hydrogen) atoms. The molecule has 0 atom stereocenters. The topological polar surface area (TPSA) is 68.3 Å². The van der Waals surface area contributed by atoms with E-state index >= 15 is 0 Å². The van der Waals surface area contributed by atoms with Crippen LogP contribution in [-0.4, -0.2) is 40.9 Å². The van der Waals surface area contributed by atoms with Crippen molar-refractivity contribution >= 4 is 19.7 Å². The normalized spacial score (nSPS) is 9.54. The maximum Gasteiger partial charge on any atom is 0.147 e. The fourth-order valence-corrected chi connectivity index (χ4v) is 3.12. The molecule has 0 amide bonds. The van der Waals surface area contributed by atoms with E-state index in [1.165, 1.54) is 18.1 Å². The molecule has 1 aromatic rings. The second-order valence-corrected chi connectivity index (χ2v) is 9.93. The molecule has 0 unspecified atom stereocenters. The van der Waals surface area contributed by atoms with Gasteiger partial charge in [-0.25, -0.2) is 16.8 Å². The molecule has 2 radical (unpaired) electrons. The Labute approximate surface area is 226 Å². The molecule has 0 aliphatic carbocycles. The monoisotopic (exact) mass is 584 g/mol. The van der Waals surface area contributed by atoms with Crippen molar-refractivity contribution in [1.82, 2.24) is 0 Å². The molecule has 0 spiro atoms. The van der Waals surface area contributed by atoms with Crippen LogP contribution in [0, 0.1) is 13.8 Å². The molecule has 0 N–H and O–H groups in total. The third kappa shape index (κ3) is 38.0. The maximum absolute atomic E-state index is 10.8. The van der Waals surface area contributed by atoms with Gasteiger partial charge in [-0.05, 0) is 24.8 Å². The van der Waals surface area contributed by atoms with Crippen LogP contribution in [0.1, 0.15) is 52.0 Å². The van der Waals surface area contributed by atoms with E-state index in [0.717, 1.165) is 25.7 Å². The van der Waals surface area contributed by atoms with Crippen molar-refractivity contribution in [1.29, 1.82) is 0 Å². The van der Waals surface area contributed by atoms with Gasteiger partial charge >= 0.3 is 0 Å². The van der Waals surface area contributed by atoms with Gasteiger partial charge in [-0.1, -0.05) is 50.6 Å². The van der Waals surface area contributed by atoms with Crippen molar-refractivity contribution in [3.8, 4) is 0 Å². The first kappa shape index (κ1) is 39.8. The number of benzene rings is 1. The molecule has 0 saturated carbocycles. The summed E-state index contributed by atoms with van der Waals surface area (Å²) >= 11 is 0. The van der Waals surface area contributed by atoms with Crippen LogP contribution in [0.2, 0.25) is 0 Å². The summed E-state index contributed by atoms with van der Waals surface area (Å²) < 4.78 is 42.6. The van der Waals surface area contributed by atoms with Gasteiger partial charge in [0.25, 0.3) is 0 Å². The molecule has 4 nitrogen and oxygen atoms in total. The summed E-state index contributed by atoms with van der Waals surface area (Å²) in [5.41, 5.74) is 1.20. The molecule has 162 valence electrons. The molecule has 0 aliphatic rings. The largest absolute Gasteiger partial charge is 0.346 e. The smallest absolute Gasteiger partial charge is 0.147 e. The molecule has 1 aromatic carbocycles. The molecule has 0 saturated heterocycles. The first-order valence-corrected chi connectivity index (χ1v) is 13.2. The van der Waals surface area contributed by atoms with Crippen LogP contribution in [0.4, 0.5) is 0 Å². The standard InChI is InChI=1S/C10H14O2S.C6H13O2S.C2H6.C2H5.2Y/c1-13(11,12)9-5-8-10-6-3-2-4-7-10;1-3-4-5-6-9(2,7)8;2*1-2;;/h2-4,6-7H,5,8-9H2,1H3;1,3-6H2,2H3;1-2H3;1H2,2H3;;/q;-1;;-1;;. The minimum absolute atomic E-state index is 0. The quantitative estimate of drug-likeness (QED) is 0.332. The van der Waals surface area contributed by atoms with Gasteiger partial charge in [0.2, 0.25) is 0 Å². The van der Waals surface area contributed by atoms with Crippen LogP contribution in [0.25, 0.3) is 0 Å². The SMILES string of the molecule is CC.CS(=O)(=O)CCCc1ccccc1.[CH2-]C.[CH2-]CCCCS(C)(=O)=O.[Y].[Y]. The Hall–Kier alpha value is 1.33. The summed E-state index contributed by atoms with van der Waals surface area (Å²) in [6.45, 7) is 12.6. The van der Waals surface area contributed by atoms with Gasteiger partial charge in [0, 0.05) is 83.7 Å². The van der Waals surface area contributed by atoms with E-state index in [9.17, 15) is 16.8 Å². The number of sulfone groups is 2. The van der Waals surface area contributed by atoms with Crippen molar-refractivity contribution in [2.45, 2.75) is 52.9 Å². The summed E-state index contributed by atoms with van der Waals surface area (Å²) in [5.74, 6) is 0.588. The summed E-state index contributed by atoms with van der Waals surface area (Å²) in [6.07, 6.45) is 6.58. The molecule has 0 bridgehead atoms. The molecule has 1 rings (SSSR count). The third-order valence-corrected chi connectivity index (χ3v) is 4.90. The van der Waals surface area contributed by atoms with Crippen LogP contribution in [-0.2, 0) is 91.5 Å². The Morgan fingerprint density at radius 2 is 1.14 bits per heavy atom. The van der Waals surface area contributed by atoms with Crippen molar-refractivity contribution in [2.24, 2.45) is 0 Å². The van der Waals surface area contributed by atoms with Crippen LogP contribution < -0.4 is 0 Å². The summed E-state index contributed by atoms with van der Waals surface area (Å²) in [4.78, 5) is 0. The van der Waals surface area contributed by atoms with E-state index in [1.54, 1.807) is 6.92 Å². The predicted molar refractivity (Wildman–Crippen MR) is 116 cm³/mol. The molecule has 0 aromatic heterocycles. The van der Waals surface area contributed by atoms with Crippen LogP contribution in [0.5, 0.6) is 0 Å². The van der Waals surface area contributed by atoms with Gasteiger partial charge in [0.1, 0.15) is 19.7 Å². The number of unbranched alkanes of at least 4 members (excludes halogenated alkanes) is 2. The summed E-state index contributed by atoms with van der Waals surface area (Å²) in [5, 5.41) is 0. The first-order valence-electron chi connectivity index (χ1n) is 9.03. The fraction of sp³-hybridized carbons (Fsp3) is 0.600. The predicted octanol–water partition coefficient (Wildman–Crippen LogP) is 4.56. The Bertz CT molecular complexity index is 602. The van der Waals surface area contributed by atoms with E-state index in [-0.39, 0.29) is 71.2 Å². The van der Waals surface area contributed by atoms with Crippen molar-refractivity contribution in [3.05, 3.63) is 49.7 Å². The van der Waals surface area contributed by atoms with E-state index in [0.29, 0.717) is 12.2 Å². The zero-order chi connectivity index (χ0) is 21.1. The first-order chi connectivity index (χ1) is 12.1. The second kappa shape index (κ2) is 26.4. The van der Waals surface area contributed by atoms with Crippen LogP contribution in [0.3, 0.4) is 0 Å². The Balaban J connectivity index is -0.000000105. The summed E-state index contributed by atoms with van der Waals surface area (Å²) in [6, 6.07) is 9.93. The molecular weight excluding hydrogens is 546 g/mol. The Morgan fingerprint density at radius 1 is 0.750 bits per heavy atom. The van der Waals surface area contributed by atoms with Gasteiger partial charge in [-0.2, -0.15) is 13.3 Å². The average molecular weight is 584 g/mol. The zero-order valence-electron chi connectivity index (χ0n) is 18.4. The van der Waals surface area contributed by atoms with Crippen LogP contribution >= 0.6 is 0 Å². The average Bonchev–Trinajstić information content (AvgIpc) is 2.58. The number of hydrogen-bond acceptors (Lipinski definition) is 4. The van der Waals surface area contributed by atoms with Gasteiger partial charge in [-0.3, -0.25) is 0 Å². The van der Waals surface area contributed by atoms with Crippen LogP contribution in [0.15, 0.2) is 30.3 Å². The van der Waals surface area contributed by atoms with E-state index < -0.39 is 19.7 Å². The van der Waals surface area contributed by atoms with Gasteiger partial charge in [0.05, 0.1) is 5.75 Å². The second-order valence-electron chi connectivity index (χ2n) is 5.41. The molecular formula is C20H38O4S2Y2-2. The summed E-state index contributed by atoms with van der Waals surface area (Å²) in [7, 11) is -5.52. The van der Waals surface area contributed by atoms with Gasteiger partial charge in [-0.15, -0.1) is 0 Å². The maximum atomic E-state index is 10.8. The van der Waals surface area contributed by atoms with E-state index in [4.69, 9.17) is 0 Å². The number of aryl methyl sites for hydroxylation is 1. The van der Waals surface area contributed by atoms with Gasteiger partial charge in [0.15, 0.2) is 0 Å². The van der Waals surface area contributed by atoms with Crippen molar-refractivity contribution in [2.75, 3.05) is 24.0 Å². The van der Waals surface area contributed by atoms with E-state index in [2.05, 4.69) is 13.8 Å². The minimum atomic E-state index is -2.79. The number of hydrogen-bond donors (Lipinski definition) is 0. The van der Waals surface area contributed by atoms with Crippen molar-refractivity contribution in [3.63, 3.8) is 0 Å². The molecule has 8 heteroatoms. The molecule has 0 fully saturated rings. The minimum Gasteiger partial charge on any atom is -0.346 e. The van der Waals surface area contributed by atoms with Crippen molar-refractivity contribution < 1.29 is 82.3 Å². The third-order valence-electron chi connectivity index (χ3n) is 2.84. The van der Waals surface area contributed by atoms with Gasteiger partial charge < -0.3 is 13.8 Å². The van der Waals surface area contributed by atoms with E-state index in [1.807, 2.05) is 44.2 Å². The Morgan fingerprint density at radius 3 is 1.50 bits per heavy atom. The number of rotatable bonds is 8. The molecule has 0 aliphatic heterocycles. The Kier molecular flexibility index (Phi) is 37.4. The zero-order valence-corrected chi connectivity index (χ0v) is 25.7. The fourth-order valence-electron chi connectivity index (χ4n) is 1.72. The molecule has 0 heterocycles.